The molecule has 2 aliphatic heterocycles. The Bertz CT molecular complexity index is 772. The number of imide groups is 1. The van der Waals surface area contributed by atoms with Crippen LogP contribution in [0.2, 0.25) is 0 Å². The molecule has 2 N–H and O–H groups in total. The van der Waals surface area contributed by atoms with Gasteiger partial charge in [0.15, 0.2) is 0 Å². The highest BCUT2D eigenvalue weighted by atomic mass is 35.5. The number of carbonyl (C=O) groups is 2. The molecule has 0 atom stereocenters. The third-order valence-electron chi connectivity index (χ3n) is 4.77. The van der Waals surface area contributed by atoms with Crippen molar-refractivity contribution in [2.45, 2.75) is 18.4 Å². The third kappa shape index (κ3) is 2.56. The molecule has 0 aliphatic carbocycles. The fourth-order valence-corrected chi connectivity index (χ4v) is 3.51. The highest BCUT2D eigenvalue weighted by Crippen LogP contribution is 2.39. The van der Waals surface area contributed by atoms with Crippen molar-refractivity contribution < 1.29 is 9.59 Å². The lowest BCUT2D eigenvalue weighted by Crippen LogP contribution is -2.56. The Hall–Kier alpha value is -2.52. The minimum atomic E-state index is -0.787. The predicted octanol–water partition coefficient (Wildman–Crippen LogP) is 0.809. The number of amides is 3. The second-order valence-corrected chi connectivity index (χ2v) is 6.05. The summed E-state index contributed by atoms with van der Waals surface area (Å²) in [7, 11) is 1.54. The van der Waals surface area contributed by atoms with Crippen LogP contribution in [0.4, 0.5) is 10.5 Å². The standard InChI is InChI=1S/C15H17N7O2.ClH/c1-21-13(23)15(6-8-16-9-7-15)22(14(21)24)11-4-2-10(3-5-11)12-17-19-20-18-12;/h2-5,16H,6-9H2,1H3,(H,17,18,19,20);1H. The molecule has 0 unspecified atom stereocenters. The first-order chi connectivity index (χ1) is 11.6. The van der Waals surface area contributed by atoms with Crippen molar-refractivity contribution in [2.24, 2.45) is 0 Å². The summed E-state index contributed by atoms with van der Waals surface area (Å²) in [5.41, 5.74) is 0.704. The summed E-state index contributed by atoms with van der Waals surface area (Å²) >= 11 is 0. The van der Waals surface area contributed by atoms with Gasteiger partial charge in [-0.25, -0.2) is 4.79 Å². The van der Waals surface area contributed by atoms with E-state index in [2.05, 4.69) is 25.9 Å². The molecule has 10 heteroatoms. The Morgan fingerprint density at radius 2 is 1.80 bits per heavy atom. The number of nitrogens with zero attached hydrogens (tertiary/aromatic N) is 5. The number of tetrazole rings is 1. The van der Waals surface area contributed by atoms with Crippen LogP contribution in [0.15, 0.2) is 24.3 Å². The van der Waals surface area contributed by atoms with E-state index in [9.17, 15) is 9.59 Å². The molecule has 0 saturated carbocycles. The van der Waals surface area contributed by atoms with Gasteiger partial charge in [0.2, 0.25) is 5.82 Å². The Labute approximate surface area is 150 Å². The van der Waals surface area contributed by atoms with Gasteiger partial charge in [-0.15, -0.1) is 22.6 Å². The Balaban J connectivity index is 0.00000182. The zero-order valence-corrected chi connectivity index (χ0v) is 14.4. The van der Waals surface area contributed by atoms with Crippen LogP contribution in [0.5, 0.6) is 0 Å². The van der Waals surface area contributed by atoms with E-state index in [4.69, 9.17) is 0 Å². The van der Waals surface area contributed by atoms with Gasteiger partial charge in [-0.3, -0.25) is 14.6 Å². The van der Waals surface area contributed by atoms with Crippen LogP contribution in [0.25, 0.3) is 11.4 Å². The van der Waals surface area contributed by atoms with Crippen LogP contribution < -0.4 is 10.2 Å². The van der Waals surface area contributed by atoms with Crippen molar-refractivity contribution in [2.75, 3.05) is 25.0 Å². The van der Waals surface area contributed by atoms with Crippen molar-refractivity contribution in [1.82, 2.24) is 30.8 Å². The molecule has 132 valence electrons. The van der Waals surface area contributed by atoms with Gasteiger partial charge in [-0.2, -0.15) is 5.21 Å². The van der Waals surface area contributed by atoms with E-state index < -0.39 is 5.54 Å². The molecule has 0 radical (unpaired) electrons. The average molecular weight is 364 g/mol. The van der Waals surface area contributed by atoms with Crippen molar-refractivity contribution in [3.63, 3.8) is 0 Å². The summed E-state index contributed by atoms with van der Waals surface area (Å²) in [6.45, 7) is 1.43. The van der Waals surface area contributed by atoms with E-state index in [1.165, 1.54) is 4.90 Å². The van der Waals surface area contributed by atoms with Crippen LogP contribution in [0, 0.1) is 0 Å². The molecule has 2 saturated heterocycles. The summed E-state index contributed by atoms with van der Waals surface area (Å²) in [5, 5.41) is 17.1. The smallest absolute Gasteiger partial charge is 0.317 e. The number of rotatable bonds is 2. The van der Waals surface area contributed by atoms with Gasteiger partial charge in [0.25, 0.3) is 5.91 Å². The van der Waals surface area contributed by atoms with Gasteiger partial charge in [0.1, 0.15) is 5.54 Å². The molecule has 2 aromatic rings. The van der Waals surface area contributed by atoms with Gasteiger partial charge in [-0.05, 0) is 55.4 Å². The molecule has 2 aliphatic rings. The fourth-order valence-electron chi connectivity index (χ4n) is 3.51. The summed E-state index contributed by atoms with van der Waals surface area (Å²) < 4.78 is 0. The van der Waals surface area contributed by atoms with Crippen molar-refractivity contribution in [3.8, 4) is 11.4 Å². The number of likely N-dealkylation sites (N-methyl/N-ethyl adjacent to an activating group) is 1. The quantitative estimate of drug-likeness (QED) is 0.764. The molecule has 2 fully saturated rings. The maximum Gasteiger partial charge on any atom is 0.331 e. The SMILES string of the molecule is CN1C(=O)N(c2ccc(-c3nn[nH]n3)cc2)C2(CCNCC2)C1=O.Cl. The number of hydrogen-bond acceptors (Lipinski definition) is 6. The van der Waals surface area contributed by atoms with E-state index in [-0.39, 0.29) is 24.3 Å². The Kier molecular flexibility index (Phi) is 4.44. The average Bonchev–Trinajstić information content (AvgIpc) is 3.21. The Morgan fingerprint density at radius 1 is 1.12 bits per heavy atom. The number of aromatic nitrogens is 4. The number of benzene rings is 1. The van der Waals surface area contributed by atoms with E-state index in [1.807, 2.05) is 24.3 Å². The van der Waals surface area contributed by atoms with Gasteiger partial charge in [0, 0.05) is 18.3 Å². The van der Waals surface area contributed by atoms with Crippen molar-refractivity contribution in [3.05, 3.63) is 24.3 Å². The highest BCUT2D eigenvalue weighted by Gasteiger charge is 2.56. The summed E-state index contributed by atoms with van der Waals surface area (Å²) in [4.78, 5) is 28.3. The molecule has 0 bridgehead atoms. The molecule has 3 heterocycles. The largest absolute Gasteiger partial charge is 0.331 e. The first-order valence-corrected chi connectivity index (χ1v) is 7.80. The fraction of sp³-hybridized carbons (Fsp3) is 0.400. The molecule has 1 spiro atoms. The van der Waals surface area contributed by atoms with E-state index in [0.29, 0.717) is 37.4 Å². The van der Waals surface area contributed by atoms with Crippen molar-refractivity contribution in [1.29, 1.82) is 0 Å². The molecule has 4 rings (SSSR count). The van der Waals surface area contributed by atoms with Crippen LogP contribution in [-0.2, 0) is 4.79 Å². The third-order valence-corrected chi connectivity index (χ3v) is 4.77. The monoisotopic (exact) mass is 363 g/mol. The summed E-state index contributed by atoms with van der Waals surface area (Å²) in [5.74, 6) is 0.357. The van der Waals surface area contributed by atoms with Crippen LogP contribution in [-0.4, -0.2) is 63.1 Å². The van der Waals surface area contributed by atoms with Gasteiger partial charge in [-0.1, -0.05) is 0 Å². The highest BCUT2D eigenvalue weighted by molar-refractivity contribution is 6.16. The minimum absolute atomic E-state index is 0. The number of halogens is 1. The minimum Gasteiger partial charge on any atom is -0.317 e. The second kappa shape index (κ2) is 6.41. The zero-order valence-electron chi connectivity index (χ0n) is 13.6. The molecular weight excluding hydrogens is 346 g/mol. The molecular formula is C15H18ClN7O2. The predicted molar refractivity (Wildman–Crippen MR) is 92.3 cm³/mol. The van der Waals surface area contributed by atoms with Crippen LogP contribution in [0.3, 0.4) is 0 Å². The van der Waals surface area contributed by atoms with E-state index >= 15 is 0 Å². The summed E-state index contributed by atoms with van der Waals surface area (Å²) in [6, 6.07) is 7.00. The lowest BCUT2D eigenvalue weighted by molar-refractivity contribution is -0.130. The lowest BCUT2D eigenvalue weighted by atomic mass is 9.86. The van der Waals surface area contributed by atoms with Crippen LogP contribution >= 0.6 is 12.4 Å². The van der Waals surface area contributed by atoms with Crippen molar-refractivity contribution >= 4 is 30.0 Å². The number of urea groups is 1. The molecule has 25 heavy (non-hydrogen) atoms. The molecule has 3 amide bonds. The normalized spacial score (nSPS) is 19.4. The molecule has 1 aromatic carbocycles. The number of carbonyl (C=O) groups excluding carboxylic acids is 2. The van der Waals surface area contributed by atoms with E-state index in [1.54, 1.807) is 11.9 Å². The number of piperidine rings is 1. The number of nitrogens with one attached hydrogen (secondary N) is 2. The van der Waals surface area contributed by atoms with Crippen LogP contribution in [0.1, 0.15) is 12.8 Å². The summed E-state index contributed by atoms with van der Waals surface area (Å²) in [6.07, 6.45) is 1.21. The number of hydrogen-bond donors (Lipinski definition) is 2. The maximum absolute atomic E-state index is 12.7. The van der Waals surface area contributed by atoms with Gasteiger partial charge < -0.3 is 5.32 Å². The number of anilines is 1. The maximum atomic E-state index is 12.7. The molecule has 9 nitrogen and oxygen atoms in total. The number of H-pyrrole nitrogens is 1. The van der Waals surface area contributed by atoms with E-state index in [0.717, 1.165) is 5.56 Å². The van der Waals surface area contributed by atoms with Gasteiger partial charge >= 0.3 is 6.03 Å². The first kappa shape index (κ1) is 17.3. The molecule has 1 aromatic heterocycles. The van der Waals surface area contributed by atoms with Gasteiger partial charge in [0.05, 0.1) is 0 Å². The zero-order chi connectivity index (χ0) is 16.7. The Morgan fingerprint density at radius 3 is 2.40 bits per heavy atom. The second-order valence-electron chi connectivity index (χ2n) is 6.05. The lowest BCUT2D eigenvalue weighted by Gasteiger charge is -2.38. The topological polar surface area (TPSA) is 107 Å². The number of aromatic amines is 1. The first-order valence-electron chi connectivity index (χ1n) is 7.80.